The van der Waals surface area contributed by atoms with E-state index >= 15 is 0 Å². The highest BCUT2D eigenvalue weighted by Crippen LogP contribution is 2.14. The molecule has 0 spiro atoms. The van der Waals surface area contributed by atoms with Crippen molar-refractivity contribution in [2.75, 3.05) is 5.32 Å². The summed E-state index contributed by atoms with van der Waals surface area (Å²) in [5.41, 5.74) is 10.3. The molecular formula is C20H18N4O5. The van der Waals surface area contributed by atoms with E-state index in [9.17, 15) is 14.4 Å². The van der Waals surface area contributed by atoms with Crippen molar-refractivity contribution in [1.82, 2.24) is 10.9 Å². The Morgan fingerprint density at radius 1 is 0.862 bits per heavy atom. The Labute approximate surface area is 165 Å². The molecule has 2 aromatic carbocycles. The molecule has 9 heteroatoms. The van der Waals surface area contributed by atoms with Crippen molar-refractivity contribution in [2.24, 2.45) is 5.73 Å². The summed E-state index contributed by atoms with van der Waals surface area (Å²) in [5, 5.41) is 2.38. The molecule has 0 aliphatic carbocycles. The number of benzene rings is 2. The maximum Gasteiger partial charge on any atom is 0.316 e. The third-order valence-electron chi connectivity index (χ3n) is 3.71. The first-order chi connectivity index (χ1) is 14.0. The number of hydrogen-bond donors (Lipinski definition) is 4. The van der Waals surface area contributed by atoms with Crippen LogP contribution in [0, 0.1) is 0 Å². The number of rotatable bonds is 6. The number of furan rings is 1. The van der Waals surface area contributed by atoms with Crippen LogP contribution in [0.1, 0.15) is 26.7 Å². The first-order valence-corrected chi connectivity index (χ1v) is 8.55. The Balaban J connectivity index is 1.49. The molecule has 0 aliphatic heterocycles. The number of carbonyl (C=O) groups excluding carboxylic acids is 3. The predicted octanol–water partition coefficient (Wildman–Crippen LogP) is 2.42. The van der Waals surface area contributed by atoms with Crippen molar-refractivity contribution in [2.45, 2.75) is 6.61 Å². The van der Waals surface area contributed by atoms with Crippen LogP contribution >= 0.6 is 0 Å². The molecule has 0 saturated carbocycles. The summed E-state index contributed by atoms with van der Waals surface area (Å²) in [6.07, 6.45) is 0. The largest absolute Gasteiger partial charge is 0.486 e. The SMILES string of the molecule is NC(=O)Nc1ccc(C(=O)NNC(=O)c2ccc(COc3ccccc3)o2)cc1. The van der Waals surface area contributed by atoms with Crippen LogP contribution < -0.4 is 26.6 Å². The summed E-state index contributed by atoms with van der Waals surface area (Å²) in [6.45, 7) is 0.162. The maximum absolute atomic E-state index is 12.1. The highest BCUT2D eigenvalue weighted by molar-refractivity contribution is 5.98. The van der Waals surface area contributed by atoms with Crippen LogP contribution in [0.15, 0.2) is 71.1 Å². The minimum absolute atomic E-state index is 0.0259. The zero-order chi connectivity index (χ0) is 20.6. The van der Waals surface area contributed by atoms with E-state index in [2.05, 4.69) is 16.2 Å². The average molecular weight is 394 g/mol. The van der Waals surface area contributed by atoms with Crippen LogP contribution in [0.3, 0.4) is 0 Å². The van der Waals surface area contributed by atoms with Crippen LogP contribution in [0.25, 0.3) is 0 Å². The predicted molar refractivity (Wildman–Crippen MR) is 104 cm³/mol. The lowest BCUT2D eigenvalue weighted by Gasteiger charge is -2.07. The highest BCUT2D eigenvalue weighted by Gasteiger charge is 2.13. The molecule has 0 fully saturated rings. The summed E-state index contributed by atoms with van der Waals surface area (Å²) >= 11 is 0. The third kappa shape index (κ3) is 5.60. The number of amides is 4. The quantitative estimate of drug-likeness (QED) is 0.476. The molecule has 1 aromatic heterocycles. The number of carbonyl (C=O) groups is 3. The van der Waals surface area contributed by atoms with Gasteiger partial charge in [0.25, 0.3) is 5.91 Å². The molecule has 0 saturated heterocycles. The second-order valence-corrected chi connectivity index (χ2v) is 5.84. The van der Waals surface area contributed by atoms with Crippen LogP contribution in [0.2, 0.25) is 0 Å². The molecule has 0 atom stereocenters. The van der Waals surface area contributed by atoms with Gasteiger partial charge in [0.1, 0.15) is 18.1 Å². The monoisotopic (exact) mass is 394 g/mol. The summed E-state index contributed by atoms with van der Waals surface area (Å²) in [4.78, 5) is 35.0. The standard InChI is InChI=1S/C20H18N4O5/c21-20(27)22-14-8-6-13(7-9-14)18(25)23-24-19(26)17-11-10-16(29-17)12-28-15-4-2-1-3-5-15/h1-11H,12H2,(H,23,25)(H,24,26)(H3,21,22,27). The van der Waals surface area contributed by atoms with Crippen LogP contribution in [0.4, 0.5) is 10.5 Å². The van der Waals surface area contributed by atoms with E-state index in [1.54, 1.807) is 6.07 Å². The number of nitrogens with one attached hydrogen (secondary N) is 3. The Hall–Kier alpha value is -4.27. The molecule has 3 aromatic rings. The van der Waals surface area contributed by atoms with Gasteiger partial charge in [0.2, 0.25) is 0 Å². The fourth-order valence-electron chi connectivity index (χ4n) is 2.34. The number of nitrogens with two attached hydrogens (primary N) is 1. The first-order valence-electron chi connectivity index (χ1n) is 8.55. The fourth-order valence-corrected chi connectivity index (χ4v) is 2.34. The number of hydrazine groups is 1. The molecular weight excluding hydrogens is 376 g/mol. The summed E-state index contributed by atoms with van der Waals surface area (Å²) in [6, 6.07) is 17.5. The molecule has 0 radical (unpaired) electrons. The van der Waals surface area contributed by atoms with E-state index in [0.29, 0.717) is 17.2 Å². The van der Waals surface area contributed by atoms with Crippen molar-refractivity contribution in [1.29, 1.82) is 0 Å². The van der Waals surface area contributed by atoms with E-state index in [1.165, 1.54) is 30.3 Å². The summed E-state index contributed by atoms with van der Waals surface area (Å²) in [7, 11) is 0. The normalized spacial score (nSPS) is 10.1. The van der Waals surface area contributed by atoms with Gasteiger partial charge in [-0.15, -0.1) is 0 Å². The van der Waals surface area contributed by atoms with Gasteiger partial charge < -0.3 is 20.2 Å². The second-order valence-electron chi connectivity index (χ2n) is 5.84. The van der Waals surface area contributed by atoms with Gasteiger partial charge in [-0.1, -0.05) is 18.2 Å². The van der Waals surface area contributed by atoms with E-state index in [-0.39, 0.29) is 17.9 Å². The lowest BCUT2D eigenvalue weighted by Crippen LogP contribution is -2.41. The Kier molecular flexibility index (Phi) is 6.11. The van der Waals surface area contributed by atoms with Gasteiger partial charge in [-0.2, -0.15) is 0 Å². The Bertz CT molecular complexity index is 999. The van der Waals surface area contributed by atoms with Gasteiger partial charge in [-0.25, -0.2) is 4.79 Å². The number of para-hydroxylation sites is 1. The van der Waals surface area contributed by atoms with E-state index in [1.807, 2.05) is 30.3 Å². The van der Waals surface area contributed by atoms with Crippen molar-refractivity contribution in [3.05, 3.63) is 83.8 Å². The topological polar surface area (TPSA) is 136 Å². The van der Waals surface area contributed by atoms with Gasteiger partial charge in [0.05, 0.1) is 0 Å². The molecule has 5 N–H and O–H groups in total. The number of urea groups is 1. The van der Waals surface area contributed by atoms with Gasteiger partial charge in [0, 0.05) is 11.3 Å². The van der Waals surface area contributed by atoms with Crippen molar-refractivity contribution in [3.63, 3.8) is 0 Å². The fraction of sp³-hybridized carbons (Fsp3) is 0.0500. The number of primary amides is 1. The average Bonchev–Trinajstić information content (AvgIpc) is 3.20. The van der Waals surface area contributed by atoms with E-state index < -0.39 is 17.8 Å². The number of ether oxygens (including phenoxy) is 1. The van der Waals surface area contributed by atoms with Crippen LogP contribution in [-0.2, 0) is 6.61 Å². The van der Waals surface area contributed by atoms with Crippen molar-refractivity contribution < 1.29 is 23.5 Å². The van der Waals surface area contributed by atoms with Gasteiger partial charge in [-0.05, 0) is 48.5 Å². The van der Waals surface area contributed by atoms with Crippen molar-refractivity contribution in [3.8, 4) is 5.75 Å². The minimum atomic E-state index is -0.707. The van der Waals surface area contributed by atoms with Crippen LogP contribution in [0.5, 0.6) is 5.75 Å². The molecule has 29 heavy (non-hydrogen) atoms. The van der Waals surface area contributed by atoms with Crippen LogP contribution in [-0.4, -0.2) is 17.8 Å². The third-order valence-corrected chi connectivity index (χ3v) is 3.71. The second kappa shape index (κ2) is 9.09. The molecule has 0 aliphatic rings. The number of hydrogen-bond acceptors (Lipinski definition) is 5. The molecule has 4 amide bonds. The molecule has 0 bridgehead atoms. The van der Waals surface area contributed by atoms with E-state index in [0.717, 1.165) is 0 Å². The number of anilines is 1. The zero-order valence-corrected chi connectivity index (χ0v) is 15.2. The van der Waals surface area contributed by atoms with Gasteiger partial charge >= 0.3 is 11.9 Å². The molecule has 1 heterocycles. The minimum Gasteiger partial charge on any atom is -0.486 e. The molecule has 9 nitrogen and oxygen atoms in total. The summed E-state index contributed by atoms with van der Waals surface area (Å²) < 4.78 is 11.0. The van der Waals surface area contributed by atoms with Gasteiger partial charge in [0.15, 0.2) is 5.76 Å². The van der Waals surface area contributed by atoms with E-state index in [4.69, 9.17) is 14.9 Å². The van der Waals surface area contributed by atoms with Gasteiger partial charge in [-0.3, -0.25) is 20.4 Å². The Morgan fingerprint density at radius 2 is 1.55 bits per heavy atom. The highest BCUT2D eigenvalue weighted by atomic mass is 16.5. The summed E-state index contributed by atoms with van der Waals surface area (Å²) in [5.74, 6) is 0.0135. The lowest BCUT2D eigenvalue weighted by atomic mass is 10.2. The smallest absolute Gasteiger partial charge is 0.316 e. The van der Waals surface area contributed by atoms with Crippen molar-refractivity contribution >= 4 is 23.5 Å². The maximum atomic E-state index is 12.1. The zero-order valence-electron chi connectivity index (χ0n) is 15.2. The lowest BCUT2D eigenvalue weighted by molar-refractivity contribution is 0.0828. The Morgan fingerprint density at radius 3 is 2.24 bits per heavy atom. The molecule has 3 rings (SSSR count). The molecule has 148 valence electrons. The molecule has 0 unspecified atom stereocenters. The first kappa shape index (κ1) is 19.5.